The van der Waals surface area contributed by atoms with Crippen LogP contribution < -0.4 is 5.32 Å². The van der Waals surface area contributed by atoms with E-state index in [1.165, 1.54) is 11.3 Å². The van der Waals surface area contributed by atoms with Gasteiger partial charge in [0.05, 0.1) is 14.3 Å². The van der Waals surface area contributed by atoms with E-state index in [0.29, 0.717) is 17.7 Å². The van der Waals surface area contributed by atoms with Crippen molar-refractivity contribution in [3.63, 3.8) is 0 Å². The second kappa shape index (κ2) is 6.31. The van der Waals surface area contributed by atoms with Gasteiger partial charge in [-0.05, 0) is 50.8 Å². The zero-order valence-corrected chi connectivity index (χ0v) is 13.7. The second-order valence-electron chi connectivity index (χ2n) is 3.85. The summed E-state index contributed by atoms with van der Waals surface area (Å²) in [5.74, 6) is -0.151. The molecule has 0 radical (unpaired) electrons. The van der Waals surface area contributed by atoms with Crippen LogP contribution in [0.3, 0.4) is 0 Å². The maximum absolute atomic E-state index is 11.8. The van der Waals surface area contributed by atoms with E-state index in [9.17, 15) is 9.90 Å². The molecular weight excluding hydrogens is 370 g/mol. The molecule has 0 aliphatic heterocycles. The van der Waals surface area contributed by atoms with Gasteiger partial charge in [-0.2, -0.15) is 0 Å². The van der Waals surface area contributed by atoms with Crippen molar-refractivity contribution in [1.82, 2.24) is 5.32 Å². The van der Waals surface area contributed by atoms with Crippen molar-refractivity contribution in [3.8, 4) is 0 Å². The topological polar surface area (TPSA) is 49.3 Å². The van der Waals surface area contributed by atoms with Gasteiger partial charge in [-0.25, -0.2) is 0 Å². The average Bonchev–Trinajstić information content (AvgIpc) is 2.66. The third-order valence-electron chi connectivity index (χ3n) is 2.76. The number of carbonyl (C=O) groups excluding carboxylic acids is 1. The van der Waals surface area contributed by atoms with E-state index in [1.54, 1.807) is 6.07 Å². The molecule has 1 aromatic heterocycles. The summed E-state index contributed by atoms with van der Waals surface area (Å²) in [6.07, 6.45) is 1.25. The fraction of sp³-hybridized carbons (Fsp3) is 0.545. The van der Waals surface area contributed by atoms with Crippen LogP contribution in [0.1, 0.15) is 36.4 Å². The molecule has 0 saturated carbocycles. The van der Waals surface area contributed by atoms with Crippen molar-refractivity contribution in [2.75, 3.05) is 6.54 Å². The molecular formula is C11H15Br2NO2S. The summed E-state index contributed by atoms with van der Waals surface area (Å²) >= 11 is 8.05. The van der Waals surface area contributed by atoms with E-state index < -0.39 is 5.60 Å². The first-order chi connectivity index (χ1) is 7.91. The van der Waals surface area contributed by atoms with Crippen LogP contribution in [0.4, 0.5) is 0 Å². The number of rotatable bonds is 5. The molecule has 3 nitrogen and oxygen atoms in total. The molecule has 1 rings (SSSR count). The molecule has 96 valence electrons. The van der Waals surface area contributed by atoms with Crippen LogP contribution in [0.25, 0.3) is 0 Å². The molecule has 0 fully saturated rings. The standard InChI is InChI=1S/C11H15Br2NO2S/c1-3-11(16,4-2)6-14-10(15)8-5-7(12)9(13)17-8/h5,16H,3-4,6H2,1-2H3,(H,14,15). The van der Waals surface area contributed by atoms with Crippen LogP contribution in [0.15, 0.2) is 14.3 Å². The van der Waals surface area contributed by atoms with E-state index in [2.05, 4.69) is 37.2 Å². The molecule has 0 unspecified atom stereocenters. The summed E-state index contributed by atoms with van der Waals surface area (Å²) in [4.78, 5) is 12.5. The predicted octanol–water partition coefficient (Wildman–Crippen LogP) is 3.55. The number of hydrogen-bond donors (Lipinski definition) is 2. The van der Waals surface area contributed by atoms with Gasteiger partial charge >= 0.3 is 0 Å². The van der Waals surface area contributed by atoms with E-state index in [4.69, 9.17) is 0 Å². The smallest absolute Gasteiger partial charge is 0.261 e. The number of halogens is 2. The molecule has 0 aliphatic rings. The lowest BCUT2D eigenvalue weighted by atomic mass is 9.98. The van der Waals surface area contributed by atoms with Crippen LogP contribution in [0.2, 0.25) is 0 Å². The molecule has 0 saturated heterocycles. The minimum atomic E-state index is -0.804. The third kappa shape index (κ3) is 4.05. The van der Waals surface area contributed by atoms with E-state index >= 15 is 0 Å². The summed E-state index contributed by atoms with van der Waals surface area (Å²) < 4.78 is 1.76. The van der Waals surface area contributed by atoms with Crippen molar-refractivity contribution in [3.05, 3.63) is 19.2 Å². The average molecular weight is 385 g/mol. The fourth-order valence-corrected chi connectivity index (χ4v) is 3.24. The quantitative estimate of drug-likeness (QED) is 0.815. The van der Waals surface area contributed by atoms with Gasteiger partial charge < -0.3 is 10.4 Å². The highest BCUT2D eigenvalue weighted by atomic mass is 79.9. The van der Waals surface area contributed by atoms with Crippen molar-refractivity contribution in [2.24, 2.45) is 0 Å². The van der Waals surface area contributed by atoms with Crippen molar-refractivity contribution < 1.29 is 9.90 Å². The number of nitrogens with one attached hydrogen (secondary N) is 1. The number of aliphatic hydroxyl groups is 1. The van der Waals surface area contributed by atoms with E-state index in [1.807, 2.05) is 13.8 Å². The van der Waals surface area contributed by atoms with Crippen molar-refractivity contribution in [1.29, 1.82) is 0 Å². The number of carbonyl (C=O) groups is 1. The predicted molar refractivity (Wildman–Crippen MR) is 77.6 cm³/mol. The molecule has 17 heavy (non-hydrogen) atoms. The summed E-state index contributed by atoms with van der Waals surface area (Å²) in [6.45, 7) is 4.11. The fourth-order valence-electron chi connectivity index (χ4n) is 1.29. The van der Waals surface area contributed by atoms with Crippen molar-refractivity contribution >= 4 is 49.1 Å². The molecule has 2 N–H and O–H groups in total. The van der Waals surface area contributed by atoms with Gasteiger partial charge in [0, 0.05) is 11.0 Å². The molecule has 1 heterocycles. The van der Waals surface area contributed by atoms with Gasteiger partial charge in [0.15, 0.2) is 0 Å². The number of thiophene rings is 1. The van der Waals surface area contributed by atoms with E-state index in [0.717, 1.165) is 8.26 Å². The Morgan fingerprint density at radius 1 is 1.47 bits per heavy atom. The lowest BCUT2D eigenvalue weighted by Crippen LogP contribution is -2.41. The van der Waals surface area contributed by atoms with Gasteiger partial charge in [-0.15, -0.1) is 11.3 Å². The van der Waals surface area contributed by atoms with Gasteiger partial charge in [-0.3, -0.25) is 4.79 Å². The Kier molecular flexibility index (Phi) is 5.63. The lowest BCUT2D eigenvalue weighted by Gasteiger charge is -2.25. The van der Waals surface area contributed by atoms with Gasteiger partial charge in [-0.1, -0.05) is 13.8 Å². The Hall–Kier alpha value is 0.0900. The maximum Gasteiger partial charge on any atom is 0.261 e. The second-order valence-corrected chi connectivity index (χ2v) is 7.07. The van der Waals surface area contributed by atoms with Crippen LogP contribution in [0.5, 0.6) is 0 Å². The van der Waals surface area contributed by atoms with Crippen molar-refractivity contribution in [2.45, 2.75) is 32.3 Å². The largest absolute Gasteiger partial charge is 0.388 e. The Morgan fingerprint density at radius 2 is 2.06 bits per heavy atom. The van der Waals surface area contributed by atoms with Gasteiger partial charge in [0.25, 0.3) is 5.91 Å². The Labute approximate surface area is 122 Å². The molecule has 1 aromatic rings. The van der Waals surface area contributed by atoms with Crippen LogP contribution in [0, 0.1) is 0 Å². The zero-order chi connectivity index (χ0) is 13.1. The minimum Gasteiger partial charge on any atom is -0.388 e. The zero-order valence-electron chi connectivity index (χ0n) is 9.72. The Morgan fingerprint density at radius 3 is 2.47 bits per heavy atom. The highest BCUT2D eigenvalue weighted by Gasteiger charge is 2.23. The monoisotopic (exact) mass is 383 g/mol. The molecule has 1 amide bonds. The molecule has 0 atom stereocenters. The Balaban J connectivity index is 2.61. The maximum atomic E-state index is 11.8. The Bertz CT molecular complexity index is 383. The van der Waals surface area contributed by atoms with Crippen LogP contribution in [-0.4, -0.2) is 23.2 Å². The SMILES string of the molecule is CCC(O)(CC)CNC(=O)c1cc(Br)c(Br)s1. The summed E-state index contributed by atoms with van der Waals surface area (Å²) in [6, 6.07) is 1.76. The van der Waals surface area contributed by atoms with E-state index in [-0.39, 0.29) is 12.5 Å². The first-order valence-corrected chi connectivity index (χ1v) is 7.77. The molecule has 6 heteroatoms. The summed E-state index contributed by atoms with van der Waals surface area (Å²) in [5.41, 5.74) is -0.804. The van der Waals surface area contributed by atoms with Gasteiger partial charge in [0.1, 0.15) is 0 Å². The molecule has 0 spiro atoms. The molecule has 0 aliphatic carbocycles. The molecule has 0 aromatic carbocycles. The highest BCUT2D eigenvalue weighted by Crippen LogP contribution is 2.32. The van der Waals surface area contributed by atoms with Crippen LogP contribution >= 0.6 is 43.2 Å². The normalized spacial score (nSPS) is 11.6. The highest BCUT2D eigenvalue weighted by molar-refractivity contribution is 9.13. The lowest BCUT2D eigenvalue weighted by molar-refractivity contribution is 0.0314. The summed E-state index contributed by atoms with van der Waals surface area (Å²) in [7, 11) is 0. The molecule has 0 bridgehead atoms. The number of amides is 1. The summed E-state index contributed by atoms with van der Waals surface area (Å²) in [5, 5.41) is 12.8. The number of hydrogen-bond acceptors (Lipinski definition) is 3. The first kappa shape index (κ1) is 15.1. The third-order valence-corrected chi connectivity index (χ3v) is 6.02. The van der Waals surface area contributed by atoms with Gasteiger partial charge in [0.2, 0.25) is 0 Å². The first-order valence-electron chi connectivity index (χ1n) is 5.37. The van der Waals surface area contributed by atoms with Crippen LogP contribution in [-0.2, 0) is 0 Å². The minimum absolute atomic E-state index is 0.151.